The van der Waals surface area contributed by atoms with Crippen LogP contribution in [0.3, 0.4) is 0 Å². The maximum atomic E-state index is 4.21. The van der Waals surface area contributed by atoms with Crippen molar-refractivity contribution in [1.82, 2.24) is 4.90 Å². The Labute approximate surface area is 67.1 Å². The van der Waals surface area contributed by atoms with E-state index in [0.717, 1.165) is 11.7 Å². The average molecular weight is 151 g/mol. The van der Waals surface area contributed by atoms with Crippen LogP contribution in [0.15, 0.2) is 22.4 Å². The van der Waals surface area contributed by atoms with E-state index in [9.17, 15) is 0 Å². The van der Waals surface area contributed by atoms with Gasteiger partial charge in [-0.15, -0.1) is 0 Å². The van der Waals surface area contributed by atoms with Crippen LogP contribution in [0.2, 0.25) is 0 Å². The van der Waals surface area contributed by atoms with Gasteiger partial charge < -0.3 is 4.90 Å². The third kappa shape index (κ3) is 1.67. The summed E-state index contributed by atoms with van der Waals surface area (Å²) in [7, 11) is 1.88. The standard InChI is InChI=1S/C8H13N3/c1-6(2)8-9-5-11(4)7(3)10-8/h5-6H,3H2,1-2,4H3. The molecule has 0 aromatic carbocycles. The first kappa shape index (κ1) is 7.98. The summed E-state index contributed by atoms with van der Waals surface area (Å²) in [6.07, 6.45) is 1.74. The van der Waals surface area contributed by atoms with Crippen molar-refractivity contribution in [3.8, 4) is 0 Å². The highest BCUT2D eigenvalue weighted by Crippen LogP contribution is 2.09. The molecule has 0 spiro atoms. The van der Waals surface area contributed by atoms with Crippen LogP contribution in [0.25, 0.3) is 0 Å². The summed E-state index contributed by atoms with van der Waals surface area (Å²) in [6, 6.07) is 0. The molecule has 3 nitrogen and oxygen atoms in total. The van der Waals surface area contributed by atoms with Gasteiger partial charge in [-0.25, -0.2) is 9.98 Å². The molecule has 0 amide bonds. The van der Waals surface area contributed by atoms with Crippen molar-refractivity contribution in [2.45, 2.75) is 13.8 Å². The van der Waals surface area contributed by atoms with Gasteiger partial charge in [-0.2, -0.15) is 0 Å². The van der Waals surface area contributed by atoms with E-state index in [0.29, 0.717) is 5.92 Å². The zero-order valence-corrected chi connectivity index (χ0v) is 7.20. The Morgan fingerprint density at radius 1 is 1.55 bits per heavy atom. The Morgan fingerprint density at radius 2 is 2.18 bits per heavy atom. The van der Waals surface area contributed by atoms with E-state index in [-0.39, 0.29) is 0 Å². The number of amidine groups is 1. The van der Waals surface area contributed by atoms with Crippen LogP contribution in [0, 0.1) is 5.92 Å². The first-order valence-corrected chi connectivity index (χ1v) is 3.65. The van der Waals surface area contributed by atoms with Crippen molar-refractivity contribution < 1.29 is 0 Å². The van der Waals surface area contributed by atoms with Crippen molar-refractivity contribution in [3.63, 3.8) is 0 Å². The number of hydrogen-bond donors (Lipinski definition) is 0. The molecule has 60 valence electrons. The highest BCUT2D eigenvalue weighted by atomic mass is 15.3. The number of rotatable bonds is 1. The molecule has 0 aromatic rings. The summed E-state index contributed by atoms with van der Waals surface area (Å²) in [6.45, 7) is 7.90. The predicted molar refractivity (Wildman–Crippen MR) is 47.7 cm³/mol. The molecule has 0 aliphatic carbocycles. The zero-order valence-electron chi connectivity index (χ0n) is 7.20. The van der Waals surface area contributed by atoms with Crippen LogP contribution in [0.1, 0.15) is 13.8 Å². The second kappa shape index (κ2) is 2.86. The summed E-state index contributed by atoms with van der Waals surface area (Å²) < 4.78 is 0. The van der Waals surface area contributed by atoms with Crippen LogP contribution in [-0.4, -0.2) is 24.1 Å². The zero-order chi connectivity index (χ0) is 8.43. The number of hydrogen-bond acceptors (Lipinski definition) is 3. The van der Waals surface area contributed by atoms with Gasteiger partial charge in [0.1, 0.15) is 11.7 Å². The largest absolute Gasteiger partial charge is 0.321 e. The minimum absolute atomic E-state index is 0.372. The summed E-state index contributed by atoms with van der Waals surface area (Å²) in [5.41, 5.74) is 0. The molecule has 1 aliphatic heterocycles. The van der Waals surface area contributed by atoms with Crippen LogP contribution >= 0.6 is 0 Å². The maximum Gasteiger partial charge on any atom is 0.134 e. The maximum absolute atomic E-state index is 4.21. The second-order valence-corrected chi connectivity index (χ2v) is 2.90. The molecular weight excluding hydrogens is 138 g/mol. The van der Waals surface area contributed by atoms with Crippen LogP contribution < -0.4 is 0 Å². The van der Waals surface area contributed by atoms with Crippen LogP contribution in [0.5, 0.6) is 0 Å². The van der Waals surface area contributed by atoms with Gasteiger partial charge in [0.05, 0.1) is 6.34 Å². The fraction of sp³-hybridized carbons (Fsp3) is 0.500. The smallest absolute Gasteiger partial charge is 0.134 e. The molecule has 0 radical (unpaired) electrons. The van der Waals surface area contributed by atoms with Gasteiger partial charge in [-0.05, 0) is 0 Å². The normalized spacial score (nSPS) is 17.6. The quantitative estimate of drug-likeness (QED) is 0.558. The Morgan fingerprint density at radius 3 is 2.64 bits per heavy atom. The fourth-order valence-corrected chi connectivity index (χ4v) is 0.731. The van der Waals surface area contributed by atoms with E-state index in [1.165, 1.54) is 0 Å². The van der Waals surface area contributed by atoms with E-state index < -0.39 is 0 Å². The van der Waals surface area contributed by atoms with Gasteiger partial charge in [-0.1, -0.05) is 20.4 Å². The third-order valence-corrected chi connectivity index (χ3v) is 1.53. The summed E-state index contributed by atoms with van der Waals surface area (Å²) >= 11 is 0. The number of aliphatic imine (C=N–C) groups is 2. The molecule has 0 unspecified atom stereocenters. The molecule has 1 aliphatic rings. The highest BCUT2D eigenvalue weighted by molar-refractivity contribution is 5.93. The topological polar surface area (TPSA) is 28.0 Å². The van der Waals surface area contributed by atoms with Gasteiger partial charge >= 0.3 is 0 Å². The molecule has 1 heterocycles. The molecule has 0 aromatic heterocycles. The Kier molecular flexibility index (Phi) is 2.08. The minimum Gasteiger partial charge on any atom is -0.321 e. The Balaban J connectivity index is 2.80. The van der Waals surface area contributed by atoms with Gasteiger partial charge in [0.2, 0.25) is 0 Å². The van der Waals surface area contributed by atoms with Crippen molar-refractivity contribution in [2.75, 3.05) is 7.05 Å². The summed E-state index contributed by atoms with van der Waals surface area (Å²) in [5, 5.41) is 0. The molecule has 3 heteroatoms. The SMILES string of the molecule is C=C1N=C(C(C)C)N=CN1C. The summed E-state index contributed by atoms with van der Waals surface area (Å²) in [4.78, 5) is 10.2. The van der Waals surface area contributed by atoms with Crippen molar-refractivity contribution in [2.24, 2.45) is 15.9 Å². The Hall–Kier alpha value is -1.12. The van der Waals surface area contributed by atoms with E-state index in [1.807, 2.05) is 7.05 Å². The van der Waals surface area contributed by atoms with Crippen LogP contribution in [0.4, 0.5) is 0 Å². The van der Waals surface area contributed by atoms with Crippen molar-refractivity contribution >= 4 is 12.2 Å². The molecule has 0 saturated carbocycles. The first-order chi connectivity index (χ1) is 5.11. The molecule has 0 N–H and O–H groups in total. The van der Waals surface area contributed by atoms with E-state index in [1.54, 1.807) is 11.2 Å². The van der Waals surface area contributed by atoms with Gasteiger partial charge in [0.25, 0.3) is 0 Å². The highest BCUT2D eigenvalue weighted by Gasteiger charge is 2.09. The van der Waals surface area contributed by atoms with Gasteiger partial charge in [-0.3, -0.25) is 0 Å². The lowest BCUT2D eigenvalue weighted by Gasteiger charge is -2.18. The van der Waals surface area contributed by atoms with Crippen molar-refractivity contribution in [3.05, 3.63) is 12.4 Å². The molecule has 0 saturated heterocycles. The predicted octanol–water partition coefficient (Wildman–Crippen LogP) is 1.49. The minimum atomic E-state index is 0.372. The average Bonchev–Trinajstić information content (AvgIpc) is 1.94. The molecule has 1 rings (SSSR count). The van der Waals surface area contributed by atoms with Gasteiger partial charge in [0, 0.05) is 13.0 Å². The van der Waals surface area contributed by atoms with E-state index in [2.05, 4.69) is 30.4 Å². The van der Waals surface area contributed by atoms with Crippen LogP contribution in [-0.2, 0) is 0 Å². The monoisotopic (exact) mass is 151 g/mol. The lowest BCUT2D eigenvalue weighted by molar-refractivity contribution is 0.626. The van der Waals surface area contributed by atoms with E-state index in [4.69, 9.17) is 0 Å². The molecule has 0 bridgehead atoms. The molecule has 0 fully saturated rings. The first-order valence-electron chi connectivity index (χ1n) is 3.65. The lowest BCUT2D eigenvalue weighted by Crippen LogP contribution is -2.21. The lowest BCUT2D eigenvalue weighted by atomic mass is 10.2. The Bertz CT molecular complexity index is 225. The van der Waals surface area contributed by atoms with E-state index >= 15 is 0 Å². The second-order valence-electron chi connectivity index (χ2n) is 2.90. The molecule has 11 heavy (non-hydrogen) atoms. The summed E-state index contributed by atoms with van der Waals surface area (Å²) in [5.74, 6) is 1.98. The number of nitrogens with zero attached hydrogens (tertiary/aromatic N) is 3. The fourth-order valence-electron chi connectivity index (χ4n) is 0.731. The molecular formula is C8H13N3. The third-order valence-electron chi connectivity index (χ3n) is 1.53. The molecule has 0 atom stereocenters. The van der Waals surface area contributed by atoms with Crippen molar-refractivity contribution in [1.29, 1.82) is 0 Å². The van der Waals surface area contributed by atoms with Gasteiger partial charge in [0.15, 0.2) is 0 Å².